The fourth-order valence-corrected chi connectivity index (χ4v) is 3.02. The van der Waals surface area contributed by atoms with Crippen molar-refractivity contribution < 1.29 is 0 Å². The van der Waals surface area contributed by atoms with E-state index in [0.717, 1.165) is 42.6 Å². The van der Waals surface area contributed by atoms with Gasteiger partial charge in [-0.05, 0) is 26.0 Å². The Morgan fingerprint density at radius 3 is 3.00 bits per heavy atom. The van der Waals surface area contributed by atoms with Gasteiger partial charge in [0.15, 0.2) is 0 Å². The molecule has 0 bridgehead atoms. The quantitative estimate of drug-likeness (QED) is 0.926. The normalized spacial score (nSPS) is 18.1. The smallest absolute Gasteiger partial charge is 0.103 e. The van der Waals surface area contributed by atoms with Crippen LogP contribution < -0.4 is 10.2 Å². The third kappa shape index (κ3) is 2.10. The van der Waals surface area contributed by atoms with Crippen molar-refractivity contribution in [1.82, 2.24) is 10.3 Å². The molecule has 20 heavy (non-hydrogen) atoms. The summed E-state index contributed by atoms with van der Waals surface area (Å²) in [5.74, 6) is 0. The number of hydrogen-bond donors (Lipinski definition) is 1. The molecule has 0 radical (unpaired) electrons. The Kier molecular flexibility index (Phi) is 3.53. The summed E-state index contributed by atoms with van der Waals surface area (Å²) in [6.45, 7) is 5.07. The molecule has 0 amide bonds. The molecule has 3 rings (SSSR count). The summed E-state index contributed by atoms with van der Waals surface area (Å²) in [5.41, 5.74) is 2.65. The number of hydrogen-bond acceptors (Lipinski definition) is 4. The number of nitrogens with zero attached hydrogens (tertiary/aromatic N) is 3. The minimum Gasteiger partial charge on any atom is -0.366 e. The molecule has 1 aromatic carbocycles. The number of benzene rings is 1. The van der Waals surface area contributed by atoms with E-state index in [2.05, 4.69) is 34.3 Å². The molecule has 0 saturated carbocycles. The molecular weight excluding hydrogens is 248 g/mol. The van der Waals surface area contributed by atoms with Gasteiger partial charge < -0.3 is 10.2 Å². The van der Waals surface area contributed by atoms with Crippen LogP contribution in [-0.2, 0) is 0 Å². The molecule has 102 valence electrons. The average Bonchev–Trinajstić information content (AvgIpc) is 3.02. The summed E-state index contributed by atoms with van der Waals surface area (Å²) in [6, 6.07) is 10.8. The summed E-state index contributed by atoms with van der Waals surface area (Å²) in [6.07, 6.45) is 2.82. The van der Waals surface area contributed by atoms with E-state index < -0.39 is 0 Å². The molecule has 4 heteroatoms. The van der Waals surface area contributed by atoms with E-state index in [1.165, 1.54) is 0 Å². The molecular formula is C16H18N4. The van der Waals surface area contributed by atoms with Gasteiger partial charge in [-0.3, -0.25) is 4.98 Å². The zero-order valence-electron chi connectivity index (χ0n) is 11.6. The lowest BCUT2D eigenvalue weighted by Gasteiger charge is -2.31. The summed E-state index contributed by atoms with van der Waals surface area (Å²) < 4.78 is 0. The van der Waals surface area contributed by atoms with Gasteiger partial charge in [0.25, 0.3) is 0 Å². The molecule has 4 nitrogen and oxygen atoms in total. The van der Waals surface area contributed by atoms with E-state index in [0.29, 0.717) is 11.6 Å². The van der Waals surface area contributed by atoms with E-state index in [-0.39, 0.29) is 0 Å². The minimum atomic E-state index is 0.456. The van der Waals surface area contributed by atoms with Crippen LogP contribution in [0.4, 0.5) is 5.69 Å². The van der Waals surface area contributed by atoms with Crippen molar-refractivity contribution in [2.45, 2.75) is 19.4 Å². The van der Waals surface area contributed by atoms with Crippen molar-refractivity contribution in [3.63, 3.8) is 0 Å². The van der Waals surface area contributed by atoms with Crippen LogP contribution in [0.1, 0.15) is 18.9 Å². The van der Waals surface area contributed by atoms with Crippen molar-refractivity contribution in [1.29, 1.82) is 5.26 Å². The highest BCUT2D eigenvalue weighted by molar-refractivity contribution is 5.94. The van der Waals surface area contributed by atoms with E-state index >= 15 is 0 Å². The zero-order valence-corrected chi connectivity index (χ0v) is 11.6. The summed E-state index contributed by atoms with van der Waals surface area (Å²) in [7, 11) is 0. The SMILES string of the molecule is CCN(c1c(C#N)cnc2ccccc12)C1CCNC1. The van der Waals surface area contributed by atoms with Gasteiger partial charge in [0.05, 0.1) is 16.8 Å². The Hall–Kier alpha value is -2.12. The number of rotatable bonds is 3. The van der Waals surface area contributed by atoms with E-state index in [4.69, 9.17) is 0 Å². The van der Waals surface area contributed by atoms with Gasteiger partial charge in [-0.25, -0.2) is 0 Å². The topological polar surface area (TPSA) is 52.0 Å². The summed E-state index contributed by atoms with van der Waals surface area (Å²) in [5, 5.41) is 13.9. The number of nitriles is 1. The molecule has 0 spiro atoms. The summed E-state index contributed by atoms with van der Waals surface area (Å²) >= 11 is 0. The average molecular weight is 266 g/mol. The predicted octanol–water partition coefficient (Wildman–Crippen LogP) is 2.29. The Bertz CT molecular complexity index is 653. The predicted molar refractivity (Wildman–Crippen MR) is 80.8 cm³/mol. The molecule has 1 unspecified atom stereocenters. The van der Waals surface area contributed by atoms with Gasteiger partial charge in [-0.2, -0.15) is 5.26 Å². The fourth-order valence-electron chi connectivity index (χ4n) is 3.02. The van der Waals surface area contributed by atoms with Gasteiger partial charge in [0.2, 0.25) is 0 Å². The highest BCUT2D eigenvalue weighted by Crippen LogP contribution is 2.31. The second-order valence-corrected chi connectivity index (χ2v) is 5.08. The largest absolute Gasteiger partial charge is 0.366 e. The number of anilines is 1. The molecule has 1 aromatic heterocycles. The minimum absolute atomic E-state index is 0.456. The first-order valence-corrected chi connectivity index (χ1v) is 7.10. The van der Waals surface area contributed by atoms with E-state index in [1.54, 1.807) is 6.20 Å². The molecule has 2 aromatic rings. The van der Waals surface area contributed by atoms with Crippen molar-refractivity contribution in [2.75, 3.05) is 24.5 Å². The standard InChI is InChI=1S/C16H18N4/c1-2-20(13-7-8-18-11-13)16-12(9-17)10-19-15-6-4-3-5-14(15)16/h3-6,10,13,18H,2,7-8,11H2,1H3. The van der Waals surface area contributed by atoms with Crippen LogP contribution in [-0.4, -0.2) is 30.7 Å². The number of likely N-dealkylation sites (N-methyl/N-ethyl adjacent to an activating group) is 1. The van der Waals surface area contributed by atoms with Crippen LogP contribution in [0.15, 0.2) is 30.5 Å². The van der Waals surface area contributed by atoms with Crippen LogP contribution in [0.5, 0.6) is 0 Å². The van der Waals surface area contributed by atoms with Crippen LogP contribution in [0, 0.1) is 11.3 Å². The number of pyridine rings is 1. The molecule has 1 aliphatic rings. The van der Waals surface area contributed by atoms with Crippen molar-refractivity contribution in [3.8, 4) is 6.07 Å². The Balaban J connectivity index is 2.18. The van der Waals surface area contributed by atoms with E-state index in [9.17, 15) is 5.26 Å². The maximum atomic E-state index is 9.43. The van der Waals surface area contributed by atoms with Gasteiger partial charge >= 0.3 is 0 Å². The Labute approximate surface area is 119 Å². The molecule has 1 N–H and O–H groups in total. The molecule has 1 fully saturated rings. The Morgan fingerprint density at radius 2 is 2.30 bits per heavy atom. The van der Waals surface area contributed by atoms with Gasteiger partial charge in [-0.1, -0.05) is 18.2 Å². The molecule has 1 aliphatic heterocycles. The fraction of sp³-hybridized carbons (Fsp3) is 0.375. The third-order valence-corrected chi connectivity index (χ3v) is 3.97. The number of fused-ring (bicyclic) bond motifs is 1. The Morgan fingerprint density at radius 1 is 1.45 bits per heavy atom. The summed E-state index contributed by atoms with van der Waals surface area (Å²) in [4.78, 5) is 6.74. The van der Waals surface area contributed by atoms with Crippen molar-refractivity contribution in [2.24, 2.45) is 0 Å². The monoisotopic (exact) mass is 266 g/mol. The number of aromatic nitrogens is 1. The first-order valence-electron chi connectivity index (χ1n) is 7.10. The second-order valence-electron chi connectivity index (χ2n) is 5.08. The second kappa shape index (κ2) is 5.48. The maximum absolute atomic E-state index is 9.43. The first-order chi connectivity index (χ1) is 9.85. The molecule has 1 saturated heterocycles. The highest BCUT2D eigenvalue weighted by Gasteiger charge is 2.25. The number of nitrogens with one attached hydrogen (secondary N) is 1. The number of para-hydroxylation sites is 1. The molecule has 2 heterocycles. The molecule has 0 aliphatic carbocycles. The van der Waals surface area contributed by atoms with Crippen LogP contribution in [0.2, 0.25) is 0 Å². The van der Waals surface area contributed by atoms with Crippen LogP contribution >= 0.6 is 0 Å². The lowest BCUT2D eigenvalue weighted by Crippen LogP contribution is -2.37. The van der Waals surface area contributed by atoms with Crippen LogP contribution in [0.25, 0.3) is 10.9 Å². The lowest BCUT2D eigenvalue weighted by molar-refractivity contribution is 0.649. The lowest BCUT2D eigenvalue weighted by atomic mass is 10.1. The van der Waals surface area contributed by atoms with Crippen LogP contribution in [0.3, 0.4) is 0 Å². The van der Waals surface area contributed by atoms with Crippen molar-refractivity contribution in [3.05, 3.63) is 36.0 Å². The zero-order chi connectivity index (χ0) is 13.9. The highest BCUT2D eigenvalue weighted by atomic mass is 15.2. The third-order valence-electron chi connectivity index (χ3n) is 3.97. The van der Waals surface area contributed by atoms with Gasteiger partial charge in [0.1, 0.15) is 6.07 Å². The maximum Gasteiger partial charge on any atom is 0.103 e. The van der Waals surface area contributed by atoms with Crippen molar-refractivity contribution >= 4 is 16.6 Å². The van der Waals surface area contributed by atoms with Gasteiger partial charge in [-0.15, -0.1) is 0 Å². The van der Waals surface area contributed by atoms with E-state index in [1.807, 2.05) is 18.2 Å². The van der Waals surface area contributed by atoms with Gasteiger partial charge in [0, 0.05) is 30.7 Å². The first kappa shape index (κ1) is 12.9. The molecule has 1 atom stereocenters.